The van der Waals surface area contributed by atoms with Crippen LogP contribution in [-0.2, 0) is 16.0 Å². The summed E-state index contributed by atoms with van der Waals surface area (Å²) >= 11 is 3.35. The van der Waals surface area contributed by atoms with Crippen molar-refractivity contribution in [3.63, 3.8) is 0 Å². The van der Waals surface area contributed by atoms with E-state index in [0.717, 1.165) is 35.3 Å². The highest BCUT2D eigenvalue weighted by Crippen LogP contribution is 2.34. The maximum absolute atomic E-state index is 13.2. The van der Waals surface area contributed by atoms with Gasteiger partial charge in [0.1, 0.15) is 17.5 Å². The van der Waals surface area contributed by atoms with Gasteiger partial charge in [0, 0.05) is 22.4 Å². The molecule has 0 saturated heterocycles. The van der Waals surface area contributed by atoms with Gasteiger partial charge >= 0.3 is 5.97 Å². The quantitative estimate of drug-likeness (QED) is 0.189. The average molecular weight is 599 g/mol. The Bertz CT molecular complexity index is 1530. The summed E-state index contributed by atoms with van der Waals surface area (Å²) in [6.07, 6.45) is 1.74. The third-order valence-electron chi connectivity index (χ3n) is 6.60. The Balaban J connectivity index is 1.30. The molecule has 4 aromatic carbocycles. The lowest BCUT2D eigenvalue weighted by Gasteiger charge is -2.17. The van der Waals surface area contributed by atoms with Crippen LogP contribution in [0.25, 0.3) is 11.1 Å². The number of hydrogen-bond donors (Lipinski definition) is 3. The molecule has 0 unspecified atom stereocenters. The van der Waals surface area contributed by atoms with E-state index in [9.17, 15) is 19.5 Å². The molecule has 1 aliphatic carbocycles. The Labute approximate surface area is 240 Å². The summed E-state index contributed by atoms with van der Waals surface area (Å²) in [5.41, 5.74) is 3.10. The van der Waals surface area contributed by atoms with Crippen molar-refractivity contribution in [2.75, 3.05) is 5.32 Å². The molecule has 202 valence electrons. The van der Waals surface area contributed by atoms with Crippen molar-refractivity contribution in [2.45, 2.75) is 25.3 Å². The molecule has 8 heteroatoms. The highest BCUT2D eigenvalue weighted by atomic mass is 79.9. The summed E-state index contributed by atoms with van der Waals surface area (Å²) < 4.78 is 6.72. The van der Waals surface area contributed by atoms with Gasteiger partial charge in [-0.05, 0) is 60.4 Å². The summed E-state index contributed by atoms with van der Waals surface area (Å²) in [4.78, 5) is 37.5. The fraction of sp³-hybridized carbons (Fsp3) is 0.156. The lowest BCUT2D eigenvalue weighted by atomic mass is 9.99. The van der Waals surface area contributed by atoms with Gasteiger partial charge in [-0.25, -0.2) is 4.79 Å². The fourth-order valence-corrected chi connectivity index (χ4v) is 4.66. The molecule has 1 saturated carbocycles. The molecule has 40 heavy (non-hydrogen) atoms. The number of benzene rings is 4. The molecule has 3 N–H and O–H groups in total. The molecule has 1 aliphatic rings. The minimum Gasteiger partial charge on any atom is -0.480 e. The van der Waals surface area contributed by atoms with Gasteiger partial charge in [0.15, 0.2) is 0 Å². The van der Waals surface area contributed by atoms with E-state index in [0.29, 0.717) is 15.9 Å². The molecule has 0 spiro atoms. The van der Waals surface area contributed by atoms with Crippen LogP contribution in [0.2, 0.25) is 0 Å². The number of rotatable bonds is 10. The lowest BCUT2D eigenvalue weighted by molar-refractivity contribution is -0.139. The van der Waals surface area contributed by atoms with Crippen LogP contribution in [0.5, 0.6) is 11.5 Å². The second kappa shape index (κ2) is 12.2. The number of carboxylic acids is 1. The summed E-state index contributed by atoms with van der Waals surface area (Å²) in [6.45, 7) is 0. The zero-order valence-electron chi connectivity index (χ0n) is 21.5. The maximum atomic E-state index is 13.2. The van der Waals surface area contributed by atoms with E-state index in [2.05, 4.69) is 26.6 Å². The Morgan fingerprint density at radius 1 is 0.900 bits per heavy atom. The van der Waals surface area contributed by atoms with Crippen LogP contribution in [-0.4, -0.2) is 28.9 Å². The fourth-order valence-electron chi connectivity index (χ4n) is 4.30. The molecule has 1 atom stereocenters. The molecule has 5 rings (SSSR count). The molecular weight excluding hydrogens is 572 g/mol. The number of aliphatic carboxylic acids is 1. The van der Waals surface area contributed by atoms with Crippen molar-refractivity contribution in [3.8, 4) is 22.6 Å². The van der Waals surface area contributed by atoms with Crippen LogP contribution in [0, 0.1) is 5.92 Å². The standard InChI is InChI=1S/C32H27BrN2O5/c33-23-16-17-27(34-30(36)22-14-15-22)26(19-23)31(37)35-28(32(38)39)18-20-10-12-21(13-11-20)25-8-4-5-9-29(25)40-24-6-2-1-3-7-24/h1-13,16-17,19,22,28H,14-15,18H2,(H,34,36)(H,35,37)(H,38,39)/t28-/m0/s1. The number of carbonyl (C=O) groups excluding carboxylic acids is 2. The predicted molar refractivity (Wildman–Crippen MR) is 156 cm³/mol. The van der Waals surface area contributed by atoms with E-state index in [1.807, 2.05) is 78.9 Å². The van der Waals surface area contributed by atoms with E-state index >= 15 is 0 Å². The SMILES string of the molecule is O=C(N[C@@H](Cc1ccc(-c2ccccc2Oc2ccccc2)cc1)C(=O)O)c1cc(Br)ccc1NC(=O)C1CC1. The Hall–Kier alpha value is -4.43. The molecular formula is C32H27BrN2O5. The first kappa shape index (κ1) is 27.1. The summed E-state index contributed by atoms with van der Waals surface area (Å²) in [5, 5.41) is 15.3. The third kappa shape index (κ3) is 6.76. The van der Waals surface area contributed by atoms with Gasteiger partial charge in [-0.1, -0.05) is 76.6 Å². The molecule has 1 fully saturated rings. The largest absolute Gasteiger partial charge is 0.480 e. The van der Waals surface area contributed by atoms with Crippen LogP contribution >= 0.6 is 15.9 Å². The molecule has 2 amide bonds. The van der Waals surface area contributed by atoms with Crippen LogP contribution in [0.1, 0.15) is 28.8 Å². The summed E-state index contributed by atoms with van der Waals surface area (Å²) in [6, 6.07) is 28.5. The average Bonchev–Trinajstić information content (AvgIpc) is 3.81. The molecule has 7 nitrogen and oxygen atoms in total. The van der Waals surface area contributed by atoms with Gasteiger partial charge in [0.2, 0.25) is 5.91 Å². The summed E-state index contributed by atoms with van der Waals surface area (Å²) in [7, 11) is 0. The minimum absolute atomic E-state index is 0.0360. The second-order valence-electron chi connectivity index (χ2n) is 9.63. The Kier molecular flexibility index (Phi) is 8.26. The van der Waals surface area contributed by atoms with Gasteiger partial charge in [-0.2, -0.15) is 0 Å². The van der Waals surface area contributed by atoms with E-state index in [1.165, 1.54) is 0 Å². The van der Waals surface area contributed by atoms with Crippen molar-refractivity contribution in [1.82, 2.24) is 5.32 Å². The van der Waals surface area contributed by atoms with Crippen molar-refractivity contribution in [1.29, 1.82) is 0 Å². The number of halogens is 1. The molecule has 0 radical (unpaired) electrons. The normalized spacial score (nSPS) is 13.2. The van der Waals surface area contributed by atoms with Crippen LogP contribution in [0.4, 0.5) is 5.69 Å². The minimum atomic E-state index is -1.17. The Morgan fingerprint density at radius 3 is 2.30 bits per heavy atom. The number of carbonyl (C=O) groups is 3. The third-order valence-corrected chi connectivity index (χ3v) is 7.09. The number of anilines is 1. The van der Waals surface area contributed by atoms with Gasteiger partial charge in [0.05, 0.1) is 11.3 Å². The first-order chi connectivity index (χ1) is 19.4. The van der Waals surface area contributed by atoms with E-state index in [4.69, 9.17) is 4.74 Å². The van der Waals surface area contributed by atoms with Crippen LogP contribution in [0.3, 0.4) is 0 Å². The van der Waals surface area contributed by atoms with Gasteiger partial charge < -0.3 is 20.5 Å². The van der Waals surface area contributed by atoms with Crippen LogP contribution in [0.15, 0.2) is 102 Å². The molecule has 0 aromatic heterocycles. The number of para-hydroxylation sites is 2. The lowest BCUT2D eigenvalue weighted by Crippen LogP contribution is -2.42. The van der Waals surface area contributed by atoms with Crippen molar-refractivity contribution in [2.24, 2.45) is 5.92 Å². The van der Waals surface area contributed by atoms with E-state index < -0.39 is 17.9 Å². The molecule has 4 aromatic rings. The molecule has 0 aliphatic heterocycles. The van der Waals surface area contributed by atoms with Crippen molar-refractivity contribution >= 4 is 39.4 Å². The number of nitrogens with one attached hydrogen (secondary N) is 2. The topological polar surface area (TPSA) is 105 Å². The Morgan fingerprint density at radius 2 is 1.60 bits per heavy atom. The van der Waals surface area contributed by atoms with Gasteiger partial charge in [-0.3, -0.25) is 9.59 Å². The predicted octanol–water partition coefficient (Wildman–Crippen LogP) is 6.68. The first-order valence-electron chi connectivity index (χ1n) is 12.9. The number of hydrogen-bond acceptors (Lipinski definition) is 4. The highest BCUT2D eigenvalue weighted by Gasteiger charge is 2.31. The van der Waals surface area contributed by atoms with Gasteiger partial charge in [-0.15, -0.1) is 0 Å². The molecule has 0 heterocycles. The number of amides is 2. The van der Waals surface area contributed by atoms with Crippen molar-refractivity contribution < 1.29 is 24.2 Å². The van der Waals surface area contributed by atoms with E-state index in [-0.39, 0.29) is 23.8 Å². The highest BCUT2D eigenvalue weighted by molar-refractivity contribution is 9.10. The van der Waals surface area contributed by atoms with Gasteiger partial charge in [0.25, 0.3) is 5.91 Å². The zero-order chi connectivity index (χ0) is 28.1. The zero-order valence-corrected chi connectivity index (χ0v) is 23.1. The molecule has 0 bridgehead atoms. The van der Waals surface area contributed by atoms with Crippen molar-refractivity contribution in [3.05, 3.63) is 113 Å². The first-order valence-corrected chi connectivity index (χ1v) is 13.7. The smallest absolute Gasteiger partial charge is 0.326 e. The summed E-state index contributed by atoms with van der Waals surface area (Å²) in [5.74, 6) is -0.475. The second-order valence-corrected chi connectivity index (χ2v) is 10.5. The van der Waals surface area contributed by atoms with E-state index in [1.54, 1.807) is 18.2 Å². The van der Waals surface area contributed by atoms with Crippen LogP contribution < -0.4 is 15.4 Å². The number of carboxylic acid groups (broad SMARTS) is 1. The maximum Gasteiger partial charge on any atom is 0.326 e. The number of ether oxygens (including phenoxy) is 1. The monoisotopic (exact) mass is 598 g/mol.